The summed E-state index contributed by atoms with van der Waals surface area (Å²) in [7, 11) is 0. The van der Waals surface area contributed by atoms with E-state index in [1.54, 1.807) is 0 Å². The molecule has 0 aromatic carbocycles. The maximum atomic E-state index is 5.72. The molecule has 2 heterocycles. The molecule has 112 valence electrons. The zero-order valence-electron chi connectivity index (χ0n) is 12.9. The van der Waals surface area contributed by atoms with Crippen molar-refractivity contribution in [2.24, 2.45) is 0 Å². The van der Waals surface area contributed by atoms with Crippen molar-refractivity contribution in [3.8, 4) is 0 Å². The van der Waals surface area contributed by atoms with Gasteiger partial charge in [0.25, 0.3) is 0 Å². The molecule has 2 rings (SSSR count). The quantitative estimate of drug-likeness (QED) is 0.768. The van der Waals surface area contributed by atoms with Crippen LogP contribution in [-0.4, -0.2) is 49.3 Å². The van der Waals surface area contributed by atoms with E-state index in [0.29, 0.717) is 6.10 Å². The van der Waals surface area contributed by atoms with E-state index in [0.717, 1.165) is 18.7 Å². The lowest BCUT2D eigenvalue weighted by Crippen LogP contribution is -2.56. The largest absolute Gasteiger partial charge is 0.378 e. The number of nitrogens with one attached hydrogen (secondary N) is 1. The van der Waals surface area contributed by atoms with Gasteiger partial charge in [-0.1, -0.05) is 20.3 Å². The second-order valence-corrected chi connectivity index (χ2v) is 6.23. The van der Waals surface area contributed by atoms with Gasteiger partial charge in [0.05, 0.1) is 6.10 Å². The first-order valence-corrected chi connectivity index (χ1v) is 8.42. The van der Waals surface area contributed by atoms with E-state index in [4.69, 9.17) is 4.74 Å². The highest BCUT2D eigenvalue weighted by Gasteiger charge is 2.26. The van der Waals surface area contributed by atoms with E-state index in [1.807, 2.05) is 0 Å². The highest BCUT2D eigenvalue weighted by molar-refractivity contribution is 4.85. The predicted octanol–water partition coefficient (Wildman–Crippen LogP) is 2.80. The molecule has 0 aromatic rings. The summed E-state index contributed by atoms with van der Waals surface area (Å²) in [6, 6.07) is 1.47. The molecule has 3 atom stereocenters. The second kappa shape index (κ2) is 8.23. The average molecular weight is 268 g/mol. The maximum Gasteiger partial charge on any atom is 0.0576 e. The Morgan fingerprint density at radius 3 is 2.84 bits per heavy atom. The molecule has 0 radical (unpaired) electrons. The molecule has 3 nitrogen and oxygen atoms in total. The Hall–Kier alpha value is -0.120. The minimum absolute atomic E-state index is 0.564. The van der Waals surface area contributed by atoms with Gasteiger partial charge in [0.15, 0.2) is 0 Å². The van der Waals surface area contributed by atoms with Gasteiger partial charge in [-0.15, -0.1) is 0 Å². The summed E-state index contributed by atoms with van der Waals surface area (Å²) in [5, 5.41) is 3.72. The van der Waals surface area contributed by atoms with Crippen LogP contribution in [0.4, 0.5) is 0 Å². The first kappa shape index (κ1) is 15.3. The van der Waals surface area contributed by atoms with Gasteiger partial charge in [0.1, 0.15) is 0 Å². The second-order valence-electron chi connectivity index (χ2n) is 6.23. The highest BCUT2D eigenvalue weighted by Crippen LogP contribution is 2.19. The zero-order valence-corrected chi connectivity index (χ0v) is 12.9. The van der Waals surface area contributed by atoms with Gasteiger partial charge in [-0.2, -0.15) is 0 Å². The van der Waals surface area contributed by atoms with Gasteiger partial charge in [0, 0.05) is 31.8 Å². The molecule has 0 saturated carbocycles. The number of ether oxygens (including phenoxy) is 1. The summed E-state index contributed by atoms with van der Waals surface area (Å²) < 4.78 is 5.72. The van der Waals surface area contributed by atoms with Gasteiger partial charge in [0.2, 0.25) is 0 Å². The summed E-state index contributed by atoms with van der Waals surface area (Å²) in [4.78, 5) is 2.73. The normalized spacial score (nSPS) is 32.8. The van der Waals surface area contributed by atoms with Crippen LogP contribution in [0.25, 0.3) is 0 Å². The van der Waals surface area contributed by atoms with Crippen molar-refractivity contribution in [1.29, 1.82) is 0 Å². The Morgan fingerprint density at radius 1 is 1.26 bits per heavy atom. The monoisotopic (exact) mass is 268 g/mol. The number of piperazine rings is 1. The Bertz CT molecular complexity index is 241. The van der Waals surface area contributed by atoms with Crippen LogP contribution in [-0.2, 0) is 4.74 Å². The lowest BCUT2D eigenvalue weighted by Gasteiger charge is -2.40. The molecule has 2 fully saturated rings. The minimum atomic E-state index is 0.564. The third kappa shape index (κ3) is 4.73. The van der Waals surface area contributed by atoms with Gasteiger partial charge >= 0.3 is 0 Å². The third-order valence-corrected chi connectivity index (χ3v) is 4.72. The van der Waals surface area contributed by atoms with E-state index in [1.165, 1.54) is 64.6 Å². The summed E-state index contributed by atoms with van der Waals surface area (Å²) >= 11 is 0. The molecule has 0 bridgehead atoms. The van der Waals surface area contributed by atoms with Crippen molar-refractivity contribution in [3.63, 3.8) is 0 Å². The van der Waals surface area contributed by atoms with Crippen LogP contribution in [0.2, 0.25) is 0 Å². The van der Waals surface area contributed by atoms with E-state index < -0.39 is 0 Å². The van der Waals surface area contributed by atoms with Crippen molar-refractivity contribution in [1.82, 2.24) is 10.2 Å². The molecule has 19 heavy (non-hydrogen) atoms. The fraction of sp³-hybridized carbons (Fsp3) is 1.00. The number of hydrogen-bond donors (Lipinski definition) is 1. The van der Waals surface area contributed by atoms with Crippen LogP contribution in [0.15, 0.2) is 0 Å². The fourth-order valence-corrected chi connectivity index (χ4v) is 3.54. The molecule has 2 saturated heterocycles. The lowest BCUT2D eigenvalue weighted by molar-refractivity contribution is 0.0863. The number of rotatable bonds is 7. The maximum absolute atomic E-state index is 5.72. The number of hydrogen-bond acceptors (Lipinski definition) is 3. The fourth-order valence-electron chi connectivity index (χ4n) is 3.54. The van der Waals surface area contributed by atoms with Crippen LogP contribution < -0.4 is 5.32 Å². The molecule has 1 N–H and O–H groups in total. The Morgan fingerprint density at radius 2 is 2.16 bits per heavy atom. The van der Waals surface area contributed by atoms with Gasteiger partial charge in [-0.05, 0) is 45.1 Å². The predicted molar refractivity (Wildman–Crippen MR) is 80.6 cm³/mol. The first-order chi connectivity index (χ1) is 9.33. The molecule has 0 aliphatic carbocycles. The van der Waals surface area contributed by atoms with Crippen LogP contribution in [0, 0.1) is 0 Å². The Kier molecular flexibility index (Phi) is 6.62. The SMILES string of the molecule is CCCC1CN(CCCC2CCCO2)C(CC)CN1. The molecule has 0 amide bonds. The van der Waals surface area contributed by atoms with Crippen molar-refractivity contribution in [2.45, 2.75) is 77.0 Å². The van der Waals surface area contributed by atoms with E-state index >= 15 is 0 Å². The number of nitrogens with zero attached hydrogens (tertiary/aromatic N) is 1. The molecule has 3 heteroatoms. The molecule has 3 unspecified atom stereocenters. The molecular formula is C16H32N2O. The Labute approximate surface area is 119 Å². The summed E-state index contributed by atoms with van der Waals surface area (Å²) in [5.74, 6) is 0. The van der Waals surface area contributed by atoms with Gasteiger partial charge in [-0.3, -0.25) is 4.90 Å². The van der Waals surface area contributed by atoms with E-state index in [2.05, 4.69) is 24.1 Å². The first-order valence-electron chi connectivity index (χ1n) is 8.42. The highest BCUT2D eigenvalue weighted by atomic mass is 16.5. The summed E-state index contributed by atoms with van der Waals surface area (Å²) in [6.45, 7) is 9.29. The van der Waals surface area contributed by atoms with Gasteiger partial charge < -0.3 is 10.1 Å². The van der Waals surface area contributed by atoms with Crippen LogP contribution in [0.5, 0.6) is 0 Å². The van der Waals surface area contributed by atoms with Crippen LogP contribution >= 0.6 is 0 Å². The Balaban J connectivity index is 1.70. The lowest BCUT2D eigenvalue weighted by atomic mass is 10.0. The minimum Gasteiger partial charge on any atom is -0.378 e. The van der Waals surface area contributed by atoms with Crippen molar-refractivity contribution < 1.29 is 4.74 Å². The molecule has 0 aromatic heterocycles. The van der Waals surface area contributed by atoms with Crippen LogP contribution in [0.1, 0.15) is 58.8 Å². The van der Waals surface area contributed by atoms with Crippen molar-refractivity contribution >= 4 is 0 Å². The van der Waals surface area contributed by atoms with E-state index in [9.17, 15) is 0 Å². The molecular weight excluding hydrogens is 236 g/mol. The smallest absolute Gasteiger partial charge is 0.0576 e. The zero-order chi connectivity index (χ0) is 13.5. The standard InChI is InChI=1S/C16H32N2O/c1-3-7-14-13-18(15(4-2)12-17-14)10-5-8-16-9-6-11-19-16/h14-17H,3-13H2,1-2H3. The summed E-state index contributed by atoms with van der Waals surface area (Å²) in [6.07, 6.45) is 9.57. The van der Waals surface area contributed by atoms with Crippen molar-refractivity contribution in [3.05, 3.63) is 0 Å². The third-order valence-electron chi connectivity index (χ3n) is 4.72. The molecule has 0 spiro atoms. The topological polar surface area (TPSA) is 24.5 Å². The van der Waals surface area contributed by atoms with E-state index in [-0.39, 0.29) is 0 Å². The van der Waals surface area contributed by atoms with Crippen LogP contribution in [0.3, 0.4) is 0 Å². The molecule has 2 aliphatic heterocycles. The molecule has 2 aliphatic rings. The average Bonchev–Trinajstić information content (AvgIpc) is 2.93. The van der Waals surface area contributed by atoms with Crippen molar-refractivity contribution in [2.75, 3.05) is 26.2 Å². The summed E-state index contributed by atoms with van der Waals surface area (Å²) in [5.41, 5.74) is 0. The van der Waals surface area contributed by atoms with Gasteiger partial charge in [-0.25, -0.2) is 0 Å².